The summed E-state index contributed by atoms with van der Waals surface area (Å²) in [5.74, 6) is -0.573. The minimum Gasteiger partial charge on any atom is -0.450 e. The van der Waals surface area contributed by atoms with E-state index in [9.17, 15) is 9.59 Å². The van der Waals surface area contributed by atoms with Gasteiger partial charge in [0.05, 0.1) is 20.5 Å². The maximum atomic E-state index is 12.3. The van der Waals surface area contributed by atoms with Crippen molar-refractivity contribution in [3.63, 3.8) is 0 Å². The van der Waals surface area contributed by atoms with Gasteiger partial charge in [0, 0.05) is 11.1 Å². The first-order valence-electron chi connectivity index (χ1n) is 7.41. The maximum Gasteiger partial charge on any atom is 0.359 e. The Morgan fingerprint density at radius 3 is 2.65 bits per heavy atom. The van der Waals surface area contributed by atoms with E-state index < -0.39 is 12.1 Å². The Balaban J connectivity index is 1.92. The van der Waals surface area contributed by atoms with Crippen LogP contribution in [0.2, 0.25) is 15.1 Å². The van der Waals surface area contributed by atoms with Gasteiger partial charge in [-0.1, -0.05) is 34.8 Å². The van der Waals surface area contributed by atoms with Crippen molar-refractivity contribution in [3.05, 3.63) is 53.6 Å². The summed E-state index contributed by atoms with van der Waals surface area (Å²) in [5.41, 5.74) is 0.446. The highest BCUT2D eigenvalue weighted by molar-refractivity contribution is 7.18. The Morgan fingerprint density at radius 2 is 1.96 bits per heavy atom. The van der Waals surface area contributed by atoms with Gasteiger partial charge in [-0.3, -0.25) is 4.79 Å². The molecule has 0 fully saturated rings. The van der Waals surface area contributed by atoms with E-state index in [2.05, 4.69) is 15.0 Å². The zero-order valence-corrected chi connectivity index (χ0v) is 16.9. The highest BCUT2D eigenvalue weighted by Gasteiger charge is 2.23. The molecule has 0 aliphatic heterocycles. The number of pyridine rings is 1. The number of hydrogen-bond acceptors (Lipinski definition) is 6. The number of aromatic amines is 1. The fraction of sp³-hybridized carbons (Fsp3) is 0.250. The Hall–Kier alpha value is -1.67. The molecule has 0 spiro atoms. The van der Waals surface area contributed by atoms with Gasteiger partial charge in [-0.2, -0.15) is 0 Å². The van der Waals surface area contributed by atoms with Crippen molar-refractivity contribution in [2.75, 3.05) is 0 Å². The Bertz CT molecular complexity index is 1090. The molecule has 3 heterocycles. The molecule has 136 valence electrons. The molecule has 0 aromatic carbocycles. The van der Waals surface area contributed by atoms with E-state index in [1.165, 1.54) is 17.5 Å². The minimum atomic E-state index is -0.824. The summed E-state index contributed by atoms with van der Waals surface area (Å²) >= 11 is 19.1. The maximum absolute atomic E-state index is 12.3. The van der Waals surface area contributed by atoms with E-state index in [1.807, 2.05) is 13.8 Å². The normalized spacial score (nSPS) is 12.4. The standard InChI is InChI=1S/C16H12Cl3N3O3S/c1-5-7(3)26-15-9(5)14(23)21-13(22-15)6(2)25-16(24)12-11(19)10(18)8(17)4-20-12/h4,6H,1-3H3,(H,21,22,23). The van der Waals surface area contributed by atoms with E-state index in [0.717, 1.165) is 10.4 Å². The summed E-state index contributed by atoms with van der Waals surface area (Å²) < 4.78 is 5.32. The zero-order valence-electron chi connectivity index (χ0n) is 13.8. The molecule has 0 amide bonds. The SMILES string of the molecule is Cc1sc2nc(C(C)OC(=O)c3ncc(Cl)c(Cl)c3Cl)[nH]c(=O)c2c1C. The predicted molar refractivity (Wildman–Crippen MR) is 103 cm³/mol. The molecule has 0 radical (unpaired) electrons. The van der Waals surface area contributed by atoms with Gasteiger partial charge >= 0.3 is 5.97 Å². The van der Waals surface area contributed by atoms with Gasteiger partial charge in [0.15, 0.2) is 17.6 Å². The van der Waals surface area contributed by atoms with Crippen LogP contribution in [0.1, 0.15) is 39.8 Å². The van der Waals surface area contributed by atoms with Crippen LogP contribution in [0.3, 0.4) is 0 Å². The van der Waals surface area contributed by atoms with Gasteiger partial charge in [0.1, 0.15) is 4.83 Å². The molecule has 10 heteroatoms. The second-order valence-electron chi connectivity index (χ2n) is 5.54. The molecule has 3 aromatic rings. The van der Waals surface area contributed by atoms with Crippen LogP contribution in [0, 0.1) is 13.8 Å². The third kappa shape index (κ3) is 3.32. The van der Waals surface area contributed by atoms with Gasteiger partial charge in [-0.25, -0.2) is 14.8 Å². The molecule has 1 unspecified atom stereocenters. The lowest BCUT2D eigenvalue weighted by Crippen LogP contribution is -2.18. The number of esters is 1. The number of carbonyl (C=O) groups is 1. The summed E-state index contributed by atoms with van der Waals surface area (Å²) in [4.78, 5) is 37.2. The third-order valence-corrected chi connectivity index (χ3v) is 6.18. The lowest BCUT2D eigenvalue weighted by molar-refractivity contribution is 0.0313. The van der Waals surface area contributed by atoms with Crippen LogP contribution in [0.15, 0.2) is 11.0 Å². The summed E-state index contributed by atoms with van der Waals surface area (Å²) in [6.07, 6.45) is 0.384. The number of H-pyrrole nitrogens is 1. The van der Waals surface area contributed by atoms with Crippen molar-refractivity contribution in [1.82, 2.24) is 15.0 Å². The molecular weight excluding hydrogens is 421 g/mol. The topological polar surface area (TPSA) is 84.9 Å². The number of ether oxygens (including phenoxy) is 1. The number of aryl methyl sites for hydroxylation is 2. The van der Waals surface area contributed by atoms with Gasteiger partial charge in [0.2, 0.25) is 0 Å². The summed E-state index contributed by atoms with van der Waals surface area (Å²) in [5, 5.41) is 0.586. The number of halogens is 3. The lowest BCUT2D eigenvalue weighted by atomic mass is 10.2. The van der Waals surface area contributed by atoms with Crippen LogP contribution in [0.25, 0.3) is 10.2 Å². The molecular formula is C16H12Cl3N3O3S. The van der Waals surface area contributed by atoms with E-state index >= 15 is 0 Å². The van der Waals surface area contributed by atoms with E-state index in [-0.39, 0.29) is 32.1 Å². The first kappa shape index (κ1) is 19.1. The second kappa shape index (κ2) is 7.15. The summed E-state index contributed by atoms with van der Waals surface area (Å²) in [7, 11) is 0. The van der Waals surface area contributed by atoms with Gasteiger partial charge < -0.3 is 9.72 Å². The largest absolute Gasteiger partial charge is 0.450 e. The monoisotopic (exact) mass is 431 g/mol. The molecule has 1 atom stereocenters. The fourth-order valence-corrected chi connectivity index (χ4v) is 3.92. The number of thiophene rings is 1. The summed E-state index contributed by atoms with van der Waals surface area (Å²) in [6.45, 7) is 5.37. The van der Waals surface area contributed by atoms with Crippen molar-refractivity contribution in [1.29, 1.82) is 0 Å². The number of hydrogen-bond donors (Lipinski definition) is 1. The van der Waals surface area contributed by atoms with Crippen LogP contribution < -0.4 is 5.56 Å². The molecule has 6 nitrogen and oxygen atoms in total. The molecule has 0 saturated carbocycles. The van der Waals surface area contributed by atoms with Crippen LogP contribution in [0.4, 0.5) is 0 Å². The van der Waals surface area contributed by atoms with Crippen molar-refractivity contribution in [2.45, 2.75) is 26.9 Å². The molecule has 0 aliphatic carbocycles. The van der Waals surface area contributed by atoms with Crippen LogP contribution >= 0.6 is 46.1 Å². The highest BCUT2D eigenvalue weighted by Crippen LogP contribution is 2.32. The van der Waals surface area contributed by atoms with E-state index in [4.69, 9.17) is 39.5 Å². The highest BCUT2D eigenvalue weighted by atomic mass is 35.5. The van der Waals surface area contributed by atoms with Crippen LogP contribution in [0.5, 0.6) is 0 Å². The first-order valence-corrected chi connectivity index (χ1v) is 9.36. The number of fused-ring (bicyclic) bond motifs is 1. The van der Waals surface area contributed by atoms with Gasteiger partial charge in [0.25, 0.3) is 5.56 Å². The second-order valence-corrected chi connectivity index (χ2v) is 7.91. The average molecular weight is 433 g/mol. The molecule has 3 rings (SSSR count). The Kier molecular flexibility index (Phi) is 5.25. The van der Waals surface area contributed by atoms with Crippen molar-refractivity contribution >= 4 is 62.3 Å². The summed E-state index contributed by atoms with van der Waals surface area (Å²) in [6, 6.07) is 0. The number of aromatic nitrogens is 3. The van der Waals surface area contributed by atoms with E-state index in [0.29, 0.717) is 10.2 Å². The quantitative estimate of drug-likeness (QED) is 0.597. The minimum absolute atomic E-state index is 0.0143. The lowest BCUT2D eigenvalue weighted by Gasteiger charge is -2.13. The van der Waals surface area contributed by atoms with Crippen LogP contribution in [-0.4, -0.2) is 20.9 Å². The number of nitrogens with one attached hydrogen (secondary N) is 1. The zero-order chi connectivity index (χ0) is 19.2. The van der Waals surface area contributed by atoms with E-state index in [1.54, 1.807) is 6.92 Å². The predicted octanol–water partition coefficient (Wildman–Crippen LogP) is 4.87. The smallest absolute Gasteiger partial charge is 0.359 e. The van der Waals surface area contributed by atoms with Gasteiger partial charge in [-0.05, 0) is 26.3 Å². The average Bonchev–Trinajstić information content (AvgIpc) is 2.87. The first-order chi connectivity index (χ1) is 12.2. The third-order valence-electron chi connectivity index (χ3n) is 3.84. The van der Waals surface area contributed by atoms with Crippen molar-refractivity contribution in [2.24, 2.45) is 0 Å². The molecule has 26 heavy (non-hydrogen) atoms. The van der Waals surface area contributed by atoms with Crippen molar-refractivity contribution < 1.29 is 9.53 Å². The molecule has 1 N–H and O–H groups in total. The molecule has 0 saturated heterocycles. The number of rotatable bonds is 3. The Morgan fingerprint density at radius 1 is 1.27 bits per heavy atom. The molecule has 3 aromatic heterocycles. The fourth-order valence-electron chi connectivity index (χ4n) is 2.32. The number of carbonyl (C=O) groups excluding carboxylic acids is 1. The Labute approximate surface area is 167 Å². The molecule has 0 aliphatic rings. The molecule has 0 bridgehead atoms. The van der Waals surface area contributed by atoms with Gasteiger partial charge in [-0.15, -0.1) is 11.3 Å². The van der Waals surface area contributed by atoms with Crippen LogP contribution in [-0.2, 0) is 4.74 Å². The van der Waals surface area contributed by atoms with Crippen molar-refractivity contribution in [3.8, 4) is 0 Å². The number of nitrogens with zero attached hydrogens (tertiary/aromatic N) is 2.